The Balaban J connectivity index is 1.62. The summed E-state index contributed by atoms with van der Waals surface area (Å²) in [6.45, 7) is 1.93. The van der Waals surface area contributed by atoms with Crippen molar-refractivity contribution in [2.45, 2.75) is 13.3 Å². The molecular formula is C22H19BrO3. The Labute approximate surface area is 161 Å². The monoisotopic (exact) mass is 410 g/mol. The Morgan fingerprint density at radius 3 is 2.46 bits per heavy atom. The smallest absolute Gasteiger partial charge is 0.349 e. The molecule has 0 amide bonds. The number of carbonyl (C=O) groups excluding carboxylic acids is 1. The molecule has 0 bridgehead atoms. The van der Waals surface area contributed by atoms with Crippen molar-refractivity contribution in [1.29, 1.82) is 0 Å². The molecule has 0 aliphatic carbocycles. The van der Waals surface area contributed by atoms with Gasteiger partial charge in [-0.2, -0.15) is 0 Å². The van der Waals surface area contributed by atoms with Crippen LogP contribution in [0.15, 0.2) is 77.3 Å². The van der Waals surface area contributed by atoms with Crippen LogP contribution in [0, 0.1) is 0 Å². The number of esters is 1. The maximum Gasteiger partial charge on any atom is 0.349 e. The van der Waals surface area contributed by atoms with Gasteiger partial charge in [-0.25, -0.2) is 4.79 Å². The molecule has 0 aromatic heterocycles. The minimum Gasteiger partial charge on any atom is -0.482 e. The van der Waals surface area contributed by atoms with E-state index < -0.39 is 5.97 Å². The summed E-state index contributed by atoms with van der Waals surface area (Å²) < 4.78 is 11.7. The Bertz CT molecular complexity index is 891. The lowest BCUT2D eigenvalue weighted by molar-refractivity contribution is -0.136. The summed E-state index contributed by atoms with van der Waals surface area (Å²) in [5.41, 5.74) is 3.31. The predicted octanol–water partition coefficient (Wildman–Crippen LogP) is 5.66. The van der Waals surface area contributed by atoms with E-state index in [2.05, 4.69) is 22.9 Å². The quantitative estimate of drug-likeness (QED) is 0.388. The number of ether oxygens (including phenoxy) is 2. The molecule has 0 radical (unpaired) electrons. The highest BCUT2D eigenvalue weighted by Crippen LogP contribution is 2.30. The number of benzene rings is 3. The average molecular weight is 411 g/mol. The number of carbonyl (C=O) groups is 1. The number of hydrogen-bond donors (Lipinski definition) is 0. The van der Waals surface area contributed by atoms with E-state index in [4.69, 9.17) is 9.47 Å². The van der Waals surface area contributed by atoms with Crippen LogP contribution in [-0.2, 0) is 11.2 Å². The first-order chi connectivity index (χ1) is 12.7. The van der Waals surface area contributed by atoms with Gasteiger partial charge < -0.3 is 9.47 Å². The van der Waals surface area contributed by atoms with Crippen LogP contribution in [-0.4, -0.2) is 12.6 Å². The fourth-order valence-electron chi connectivity index (χ4n) is 2.54. The first-order valence-corrected chi connectivity index (χ1v) is 9.22. The molecule has 0 N–H and O–H groups in total. The largest absolute Gasteiger partial charge is 0.482 e. The maximum absolute atomic E-state index is 12.1. The molecule has 3 aromatic rings. The molecule has 3 rings (SSSR count). The zero-order chi connectivity index (χ0) is 18.4. The van der Waals surface area contributed by atoms with E-state index in [0.717, 1.165) is 27.6 Å². The van der Waals surface area contributed by atoms with Crippen molar-refractivity contribution in [3.8, 4) is 22.6 Å². The molecule has 0 fully saturated rings. The van der Waals surface area contributed by atoms with Gasteiger partial charge in [-0.15, -0.1) is 0 Å². The molecule has 0 aliphatic heterocycles. The molecule has 0 saturated heterocycles. The molecule has 132 valence electrons. The SMILES string of the molecule is CCc1cccc(OCC(=O)Oc2ccc(-c3ccccc3)cc2Br)c1. The van der Waals surface area contributed by atoms with Crippen LogP contribution in [0.5, 0.6) is 11.5 Å². The van der Waals surface area contributed by atoms with Crippen molar-refractivity contribution in [3.63, 3.8) is 0 Å². The molecule has 0 spiro atoms. The molecule has 0 unspecified atom stereocenters. The number of aryl methyl sites for hydroxylation is 1. The van der Waals surface area contributed by atoms with Crippen LogP contribution in [0.25, 0.3) is 11.1 Å². The molecule has 3 aromatic carbocycles. The summed E-state index contributed by atoms with van der Waals surface area (Å²) in [6.07, 6.45) is 0.919. The number of halogens is 1. The first kappa shape index (κ1) is 18.2. The van der Waals surface area contributed by atoms with Gasteiger partial charge >= 0.3 is 5.97 Å². The van der Waals surface area contributed by atoms with Crippen LogP contribution in [0.4, 0.5) is 0 Å². The molecular weight excluding hydrogens is 392 g/mol. The molecule has 0 saturated carbocycles. The van der Waals surface area contributed by atoms with Crippen molar-refractivity contribution in [3.05, 3.63) is 82.8 Å². The van der Waals surface area contributed by atoms with E-state index in [1.807, 2.05) is 66.7 Å². The highest BCUT2D eigenvalue weighted by atomic mass is 79.9. The van der Waals surface area contributed by atoms with Crippen LogP contribution >= 0.6 is 15.9 Å². The highest BCUT2D eigenvalue weighted by molar-refractivity contribution is 9.10. The minimum absolute atomic E-state index is 0.139. The number of rotatable bonds is 6. The van der Waals surface area contributed by atoms with E-state index in [1.165, 1.54) is 0 Å². The number of hydrogen-bond acceptors (Lipinski definition) is 3. The fourth-order valence-corrected chi connectivity index (χ4v) is 3.00. The van der Waals surface area contributed by atoms with E-state index in [9.17, 15) is 4.79 Å². The van der Waals surface area contributed by atoms with E-state index in [-0.39, 0.29) is 6.61 Å². The highest BCUT2D eigenvalue weighted by Gasteiger charge is 2.10. The van der Waals surface area contributed by atoms with Crippen LogP contribution in [0.1, 0.15) is 12.5 Å². The maximum atomic E-state index is 12.1. The predicted molar refractivity (Wildman–Crippen MR) is 107 cm³/mol. The average Bonchev–Trinajstić information content (AvgIpc) is 2.69. The summed E-state index contributed by atoms with van der Waals surface area (Å²) >= 11 is 3.47. The van der Waals surface area contributed by atoms with Crippen molar-refractivity contribution in [2.24, 2.45) is 0 Å². The van der Waals surface area contributed by atoms with Gasteiger partial charge in [0.15, 0.2) is 6.61 Å². The second-order valence-corrected chi connectivity index (χ2v) is 6.63. The third-order valence-corrected chi connectivity index (χ3v) is 4.55. The molecule has 3 nitrogen and oxygen atoms in total. The van der Waals surface area contributed by atoms with Crippen molar-refractivity contribution in [2.75, 3.05) is 6.61 Å². The topological polar surface area (TPSA) is 35.5 Å². The summed E-state index contributed by atoms with van der Waals surface area (Å²) in [5, 5.41) is 0. The molecule has 0 heterocycles. The summed E-state index contributed by atoms with van der Waals surface area (Å²) in [4.78, 5) is 12.1. The standard InChI is InChI=1S/C22H19BrO3/c1-2-16-7-6-10-19(13-16)25-15-22(24)26-21-12-11-18(14-20(21)23)17-8-4-3-5-9-17/h3-14H,2,15H2,1H3. The van der Waals surface area contributed by atoms with Crippen LogP contribution in [0.2, 0.25) is 0 Å². The molecule has 0 atom stereocenters. The second-order valence-electron chi connectivity index (χ2n) is 5.77. The zero-order valence-electron chi connectivity index (χ0n) is 14.4. The normalized spacial score (nSPS) is 10.4. The first-order valence-electron chi connectivity index (χ1n) is 8.43. The van der Waals surface area contributed by atoms with Gasteiger partial charge in [-0.3, -0.25) is 0 Å². The summed E-state index contributed by atoms with van der Waals surface area (Å²) in [6, 6.07) is 23.4. The van der Waals surface area contributed by atoms with Crippen LogP contribution < -0.4 is 9.47 Å². The lowest BCUT2D eigenvalue weighted by Gasteiger charge is -2.10. The molecule has 4 heteroatoms. The van der Waals surface area contributed by atoms with Gasteiger partial charge in [0.25, 0.3) is 0 Å². The van der Waals surface area contributed by atoms with Crippen molar-refractivity contribution < 1.29 is 14.3 Å². The third-order valence-electron chi connectivity index (χ3n) is 3.93. The summed E-state index contributed by atoms with van der Waals surface area (Å²) in [5.74, 6) is 0.695. The Kier molecular flexibility index (Phi) is 6.08. The lowest BCUT2D eigenvalue weighted by Crippen LogP contribution is -2.18. The second kappa shape index (κ2) is 8.68. The third kappa shape index (κ3) is 4.73. The van der Waals surface area contributed by atoms with E-state index in [1.54, 1.807) is 6.07 Å². The van der Waals surface area contributed by atoms with Crippen molar-refractivity contribution in [1.82, 2.24) is 0 Å². The zero-order valence-corrected chi connectivity index (χ0v) is 16.0. The van der Waals surface area contributed by atoms with E-state index >= 15 is 0 Å². The lowest BCUT2D eigenvalue weighted by atomic mass is 10.1. The van der Waals surface area contributed by atoms with E-state index in [0.29, 0.717) is 11.5 Å². The molecule has 0 aliphatic rings. The van der Waals surface area contributed by atoms with Crippen molar-refractivity contribution >= 4 is 21.9 Å². The summed E-state index contributed by atoms with van der Waals surface area (Å²) in [7, 11) is 0. The molecule has 26 heavy (non-hydrogen) atoms. The fraction of sp³-hybridized carbons (Fsp3) is 0.136. The van der Waals surface area contributed by atoms with Gasteiger partial charge in [0.2, 0.25) is 0 Å². The van der Waals surface area contributed by atoms with Gasteiger partial charge in [0.05, 0.1) is 4.47 Å². The Hall–Kier alpha value is -2.59. The van der Waals surface area contributed by atoms with Gasteiger partial charge in [0, 0.05) is 0 Å². The Morgan fingerprint density at radius 1 is 0.923 bits per heavy atom. The minimum atomic E-state index is -0.444. The van der Waals surface area contributed by atoms with Crippen LogP contribution in [0.3, 0.4) is 0 Å². The van der Waals surface area contributed by atoms with Gasteiger partial charge in [-0.05, 0) is 63.3 Å². The van der Waals surface area contributed by atoms with Gasteiger partial charge in [0.1, 0.15) is 11.5 Å². The Morgan fingerprint density at radius 2 is 1.73 bits per heavy atom. The van der Waals surface area contributed by atoms with Gasteiger partial charge in [-0.1, -0.05) is 55.5 Å².